The summed E-state index contributed by atoms with van der Waals surface area (Å²) in [4.78, 5) is 12.4. The minimum absolute atomic E-state index is 0.0732. The van der Waals surface area contributed by atoms with Gasteiger partial charge in [0.1, 0.15) is 11.8 Å². The highest BCUT2D eigenvalue weighted by atomic mass is 16.3. The number of hydrogen-bond acceptors (Lipinski definition) is 5. The second kappa shape index (κ2) is 6.65. The van der Waals surface area contributed by atoms with Crippen LogP contribution in [0.4, 0.5) is 5.82 Å². The van der Waals surface area contributed by atoms with Crippen LogP contribution in [0.25, 0.3) is 11.2 Å². The molecule has 2 aromatic rings. The number of hydrogen-bond donors (Lipinski definition) is 2. The molecule has 1 unspecified atom stereocenters. The van der Waals surface area contributed by atoms with Crippen LogP contribution in [0.15, 0.2) is 12.7 Å². The minimum Gasteiger partial charge on any atom is -0.391 e. The first kappa shape index (κ1) is 14.7. The number of nitrogens with two attached hydrogens (primary N) is 1. The van der Waals surface area contributed by atoms with Crippen LogP contribution in [0, 0.1) is 0 Å². The lowest BCUT2D eigenvalue weighted by Gasteiger charge is -2.20. The van der Waals surface area contributed by atoms with Gasteiger partial charge < -0.3 is 15.4 Å². The average molecular weight is 277 g/mol. The molecule has 110 valence electrons. The number of aliphatic hydroxyl groups is 1. The van der Waals surface area contributed by atoms with Crippen molar-refractivity contribution in [2.24, 2.45) is 0 Å². The number of aliphatic hydroxyl groups excluding tert-OH is 1. The molecule has 0 bridgehead atoms. The average Bonchev–Trinajstić information content (AvgIpc) is 2.88. The summed E-state index contributed by atoms with van der Waals surface area (Å²) in [5.74, 6) is 0.374. The number of fused-ring (bicyclic) bond motifs is 1. The highest BCUT2D eigenvalue weighted by Crippen LogP contribution is 2.22. The van der Waals surface area contributed by atoms with E-state index in [0.29, 0.717) is 17.0 Å². The number of unbranched alkanes of at least 4 members (excludes halogenated alkanes) is 3. The van der Waals surface area contributed by atoms with E-state index in [4.69, 9.17) is 5.73 Å². The fourth-order valence-corrected chi connectivity index (χ4v) is 2.37. The van der Waals surface area contributed by atoms with Crippen LogP contribution in [-0.2, 0) is 0 Å². The molecule has 0 aliphatic rings. The molecule has 2 rings (SSSR count). The first-order valence-corrected chi connectivity index (χ1v) is 7.26. The summed E-state index contributed by atoms with van der Waals surface area (Å²) >= 11 is 0. The first-order valence-electron chi connectivity index (χ1n) is 7.26. The Morgan fingerprint density at radius 1 is 1.25 bits per heavy atom. The van der Waals surface area contributed by atoms with Crippen molar-refractivity contribution in [3.63, 3.8) is 0 Å². The summed E-state index contributed by atoms with van der Waals surface area (Å²) in [6.07, 6.45) is 8.13. The van der Waals surface area contributed by atoms with Gasteiger partial charge in [0.05, 0.1) is 18.5 Å². The lowest BCUT2D eigenvalue weighted by atomic mass is 10.0. The Kier molecular flexibility index (Phi) is 4.89. The molecule has 6 heteroatoms. The normalized spacial score (nSPS) is 14.6. The third kappa shape index (κ3) is 3.07. The molecular weight excluding hydrogens is 254 g/mol. The second-order valence-electron chi connectivity index (χ2n) is 5.24. The van der Waals surface area contributed by atoms with Crippen molar-refractivity contribution >= 4 is 17.0 Å². The highest BCUT2D eigenvalue weighted by molar-refractivity contribution is 5.81. The Balaban J connectivity index is 2.07. The lowest BCUT2D eigenvalue weighted by Crippen LogP contribution is -2.21. The Hall–Kier alpha value is -1.69. The number of anilines is 1. The van der Waals surface area contributed by atoms with Crippen molar-refractivity contribution in [1.82, 2.24) is 19.5 Å². The Morgan fingerprint density at radius 2 is 2.05 bits per heavy atom. The number of nitrogens with zero attached hydrogens (tertiary/aromatic N) is 4. The van der Waals surface area contributed by atoms with Crippen LogP contribution < -0.4 is 5.73 Å². The van der Waals surface area contributed by atoms with Gasteiger partial charge in [-0.05, 0) is 13.3 Å². The molecule has 0 radical (unpaired) electrons. The Morgan fingerprint density at radius 3 is 2.80 bits per heavy atom. The van der Waals surface area contributed by atoms with Crippen molar-refractivity contribution in [2.45, 2.75) is 58.1 Å². The molecule has 3 N–H and O–H groups in total. The van der Waals surface area contributed by atoms with Crippen LogP contribution in [0.3, 0.4) is 0 Å². The quantitative estimate of drug-likeness (QED) is 0.758. The van der Waals surface area contributed by atoms with Gasteiger partial charge in [-0.25, -0.2) is 15.0 Å². The van der Waals surface area contributed by atoms with Gasteiger partial charge in [0.2, 0.25) is 0 Å². The Bertz CT molecular complexity index is 553. The van der Waals surface area contributed by atoms with E-state index in [0.717, 1.165) is 12.8 Å². The van der Waals surface area contributed by atoms with Gasteiger partial charge in [0.25, 0.3) is 0 Å². The molecule has 2 atom stereocenters. The molecule has 6 nitrogen and oxygen atoms in total. The maximum absolute atomic E-state index is 10.3. The molecule has 0 saturated heterocycles. The molecule has 0 spiro atoms. The topological polar surface area (TPSA) is 89.8 Å². The summed E-state index contributed by atoms with van der Waals surface area (Å²) < 4.78 is 1.87. The number of aromatic nitrogens is 4. The van der Waals surface area contributed by atoms with E-state index in [1.54, 1.807) is 6.33 Å². The summed E-state index contributed by atoms with van der Waals surface area (Å²) in [6.45, 7) is 4.16. The monoisotopic (exact) mass is 277 g/mol. The largest absolute Gasteiger partial charge is 0.391 e. The van der Waals surface area contributed by atoms with E-state index >= 15 is 0 Å². The van der Waals surface area contributed by atoms with Gasteiger partial charge in [-0.15, -0.1) is 0 Å². The number of imidazole rings is 1. The third-order valence-corrected chi connectivity index (χ3v) is 3.74. The van der Waals surface area contributed by atoms with Gasteiger partial charge in [-0.1, -0.05) is 32.6 Å². The second-order valence-corrected chi connectivity index (χ2v) is 5.24. The molecule has 0 aliphatic carbocycles. The Labute approximate surface area is 119 Å². The smallest absolute Gasteiger partial charge is 0.165 e. The van der Waals surface area contributed by atoms with Crippen molar-refractivity contribution in [3.8, 4) is 0 Å². The van der Waals surface area contributed by atoms with Gasteiger partial charge >= 0.3 is 0 Å². The van der Waals surface area contributed by atoms with Gasteiger partial charge in [-0.3, -0.25) is 0 Å². The maximum Gasteiger partial charge on any atom is 0.165 e. The lowest BCUT2D eigenvalue weighted by molar-refractivity contribution is 0.110. The fourth-order valence-electron chi connectivity index (χ4n) is 2.37. The molecule has 20 heavy (non-hydrogen) atoms. The van der Waals surface area contributed by atoms with E-state index in [-0.39, 0.29) is 6.04 Å². The minimum atomic E-state index is -0.402. The van der Waals surface area contributed by atoms with Crippen LogP contribution in [0.1, 0.15) is 52.0 Å². The summed E-state index contributed by atoms with van der Waals surface area (Å²) in [6, 6.07) is -0.0732. The van der Waals surface area contributed by atoms with Crippen molar-refractivity contribution < 1.29 is 5.11 Å². The molecular formula is C14H23N5O. The maximum atomic E-state index is 10.3. The van der Waals surface area contributed by atoms with E-state index in [1.165, 1.54) is 25.6 Å². The SMILES string of the molecule is CCCCCC[C@H](O)C(C)n1cnc2c(N)ncnc21. The summed E-state index contributed by atoms with van der Waals surface area (Å²) in [7, 11) is 0. The van der Waals surface area contributed by atoms with E-state index in [9.17, 15) is 5.11 Å². The van der Waals surface area contributed by atoms with E-state index in [1.807, 2.05) is 11.5 Å². The predicted molar refractivity (Wildman–Crippen MR) is 79.2 cm³/mol. The van der Waals surface area contributed by atoms with Crippen LogP contribution >= 0.6 is 0 Å². The highest BCUT2D eigenvalue weighted by Gasteiger charge is 2.19. The van der Waals surface area contributed by atoms with Crippen molar-refractivity contribution in [1.29, 1.82) is 0 Å². The van der Waals surface area contributed by atoms with Gasteiger partial charge in [-0.2, -0.15) is 0 Å². The number of rotatable bonds is 7. The summed E-state index contributed by atoms with van der Waals surface area (Å²) in [5, 5.41) is 10.3. The number of nitrogen functional groups attached to an aromatic ring is 1. The standard InChI is InChI=1S/C14H23N5O/c1-3-4-5-6-7-11(20)10(2)19-9-18-12-13(15)16-8-17-14(12)19/h8-11,20H,3-7H2,1-2H3,(H2,15,16,17)/t10?,11-/m0/s1. The van der Waals surface area contributed by atoms with E-state index in [2.05, 4.69) is 21.9 Å². The predicted octanol–water partition coefficient (Wildman–Crippen LogP) is 2.30. The van der Waals surface area contributed by atoms with Crippen LogP contribution in [0.2, 0.25) is 0 Å². The third-order valence-electron chi connectivity index (χ3n) is 3.74. The first-order chi connectivity index (χ1) is 9.65. The molecule has 2 aromatic heterocycles. The molecule has 0 saturated carbocycles. The zero-order chi connectivity index (χ0) is 14.5. The molecule has 2 heterocycles. The van der Waals surface area contributed by atoms with E-state index < -0.39 is 6.10 Å². The van der Waals surface area contributed by atoms with Gasteiger partial charge in [0, 0.05) is 0 Å². The molecule has 0 amide bonds. The molecule has 0 aromatic carbocycles. The van der Waals surface area contributed by atoms with Crippen LogP contribution in [0.5, 0.6) is 0 Å². The zero-order valence-corrected chi connectivity index (χ0v) is 12.2. The van der Waals surface area contributed by atoms with Crippen molar-refractivity contribution in [3.05, 3.63) is 12.7 Å². The zero-order valence-electron chi connectivity index (χ0n) is 12.2. The summed E-state index contributed by atoms with van der Waals surface area (Å²) in [5.41, 5.74) is 7.04. The molecule has 0 aliphatic heterocycles. The van der Waals surface area contributed by atoms with Crippen molar-refractivity contribution in [2.75, 3.05) is 5.73 Å². The fraction of sp³-hybridized carbons (Fsp3) is 0.643. The van der Waals surface area contributed by atoms with Gasteiger partial charge in [0.15, 0.2) is 11.5 Å². The van der Waals surface area contributed by atoms with Crippen LogP contribution in [-0.4, -0.2) is 30.7 Å². The molecule has 0 fully saturated rings.